The summed E-state index contributed by atoms with van der Waals surface area (Å²) in [5.74, 6) is 2.52. The van der Waals surface area contributed by atoms with Gasteiger partial charge < -0.3 is 24.1 Å². The van der Waals surface area contributed by atoms with Crippen LogP contribution in [0.1, 0.15) is 36.8 Å². The zero-order valence-corrected chi connectivity index (χ0v) is 19.0. The lowest BCUT2D eigenvalue weighted by Gasteiger charge is -2.18. The van der Waals surface area contributed by atoms with E-state index >= 15 is 0 Å². The van der Waals surface area contributed by atoms with E-state index in [9.17, 15) is 4.79 Å². The molecule has 0 saturated carbocycles. The normalized spacial score (nSPS) is 12.1. The van der Waals surface area contributed by atoms with Crippen molar-refractivity contribution in [2.24, 2.45) is 7.05 Å². The van der Waals surface area contributed by atoms with E-state index in [2.05, 4.69) is 10.3 Å². The van der Waals surface area contributed by atoms with Crippen LogP contribution >= 0.6 is 0 Å². The summed E-state index contributed by atoms with van der Waals surface area (Å²) >= 11 is 0. The highest BCUT2D eigenvalue weighted by Gasteiger charge is 2.20. The van der Waals surface area contributed by atoms with Crippen LogP contribution in [0, 0.1) is 0 Å². The molecule has 1 amide bonds. The van der Waals surface area contributed by atoms with E-state index in [1.54, 1.807) is 26.5 Å². The molecule has 1 N–H and O–H groups in total. The minimum absolute atomic E-state index is 0.0390. The number of carbonyl (C=O) groups is 1. The predicted octanol–water partition coefficient (Wildman–Crippen LogP) is 4.14. The molecule has 7 heteroatoms. The smallest absolute Gasteiger partial charge is 0.244 e. The van der Waals surface area contributed by atoms with Crippen molar-refractivity contribution >= 4 is 12.0 Å². The third kappa shape index (κ3) is 5.69. The van der Waals surface area contributed by atoms with Crippen molar-refractivity contribution in [2.75, 3.05) is 14.2 Å². The molecule has 7 nitrogen and oxygen atoms in total. The number of amides is 1. The van der Waals surface area contributed by atoms with E-state index in [-0.39, 0.29) is 12.0 Å². The van der Waals surface area contributed by atoms with Crippen molar-refractivity contribution in [1.82, 2.24) is 14.9 Å². The van der Waals surface area contributed by atoms with Gasteiger partial charge in [0.1, 0.15) is 17.6 Å². The van der Waals surface area contributed by atoms with Crippen molar-refractivity contribution in [2.45, 2.75) is 26.0 Å². The fraction of sp³-hybridized carbons (Fsp3) is 0.280. The molecule has 3 aromatic rings. The number of benzene rings is 2. The van der Waals surface area contributed by atoms with Gasteiger partial charge in [-0.25, -0.2) is 4.98 Å². The molecular formula is C25H29N3O4. The first-order valence-corrected chi connectivity index (χ1v) is 10.4. The van der Waals surface area contributed by atoms with Gasteiger partial charge in [-0.1, -0.05) is 18.2 Å². The number of imidazole rings is 1. The topological polar surface area (TPSA) is 74.6 Å². The van der Waals surface area contributed by atoms with Crippen molar-refractivity contribution in [1.29, 1.82) is 0 Å². The third-order valence-corrected chi connectivity index (χ3v) is 4.83. The van der Waals surface area contributed by atoms with Gasteiger partial charge >= 0.3 is 0 Å². The molecule has 32 heavy (non-hydrogen) atoms. The number of hydrogen-bond donors (Lipinski definition) is 1. The molecule has 1 unspecified atom stereocenters. The predicted molar refractivity (Wildman–Crippen MR) is 124 cm³/mol. The Hall–Kier alpha value is -3.74. The first-order valence-electron chi connectivity index (χ1n) is 10.4. The van der Waals surface area contributed by atoms with Gasteiger partial charge in [-0.3, -0.25) is 4.79 Å². The maximum atomic E-state index is 12.8. The van der Waals surface area contributed by atoms with Gasteiger partial charge in [0, 0.05) is 25.5 Å². The lowest BCUT2D eigenvalue weighted by Crippen LogP contribution is -2.29. The van der Waals surface area contributed by atoms with Crippen molar-refractivity contribution < 1.29 is 19.0 Å². The number of rotatable bonds is 9. The maximum Gasteiger partial charge on any atom is 0.244 e. The molecule has 0 aliphatic carbocycles. The van der Waals surface area contributed by atoms with Gasteiger partial charge in [-0.2, -0.15) is 0 Å². The summed E-state index contributed by atoms with van der Waals surface area (Å²) in [6, 6.07) is 12.7. The maximum absolute atomic E-state index is 12.8. The Morgan fingerprint density at radius 3 is 2.41 bits per heavy atom. The summed E-state index contributed by atoms with van der Waals surface area (Å²) in [6.45, 7) is 3.91. The molecule has 2 aromatic carbocycles. The number of nitrogens with zero attached hydrogens (tertiary/aromatic N) is 2. The molecule has 168 valence electrons. The van der Waals surface area contributed by atoms with E-state index in [0.717, 1.165) is 22.7 Å². The second-order valence-corrected chi connectivity index (χ2v) is 7.52. The van der Waals surface area contributed by atoms with Gasteiger partial charge in [-0.15, -0.1) is 0 Å². The summed E-state index contributed by atoms with van der Waals surface area (Å²) in [4.78, 5) is 17.2. The summed E-state index contributed by atoms with van der Waals surface area (Å²) in [5, 5.41) is 3.04. The van der Waals surface area contributed by atoms with Crippen LogP contribution in [0.4, 0.5) is 0 Å². The number of nitrogens with one attached hydrogen (secondary N) is 1. The highest BCUT2D eigenvalue weighted by atomic mass is 16.5. The number of aromatic nitrogens is 2. The van der Waals surface area contributed by atoms with Crippen LogP contribution in [-0.2, 0) is 11.8 Å². The molecule has 0 bridgehead atoms. The quantitative estimate of drug-likeness (QED) is 0.511. The minimum atomic E-state index is -0.408. The van der Waals surface area contributed by atoms with E-state index in [4.69, 9.17) is 14.2 Å². The Kier molecular flexibility index (Phi) is 7.54. The summed E-state index contributed by atoms with van der Waals surface area (Å²) in [7, 11) is 5.11. The van der Waals surface area contributed by atoms with Crippen molar-refractivity contribution in [3.8, 4) is 17.2 Å². The highest BCUT2D eigenvalue weighted by molar-refractivity contribution is 5.92. The number of hydrogen-bond acceptors (Lipinski definition) is 5. The van der Waals surface area contributed by atoms with Crippen LogP contribution in [0.3, 0.4) is 0 Å². The Labute approximate surface area is 188 Å². The molecule has 0 saturated heterocycles. The van der Waals surface area contributed by atoms with E-state index in [1.807, 2.05) is 74.1 Å². The monoisotopic (exact) mass is 435 g/mol. The molecule has 0 spiro atoms. The summed E-state index contributed by atoms with van der Waals surface area (Å²) in [6.07, 6.45) is 6.83. The third-order valence-electron chi connectivity index (χ3n) is 4.83. The SMILES string of the molecule is COc1ccc(C(NC(=O)/C=C/c2ccc(OC(C)C)c(OC)c2)c2nccn2C)cc1. The molecule has 1 atom stereocenters. The molecular weight excluding hydrogens is 406 g/mol. The lowest BCUT2D eigenvalue weighted by molar-refractivity contribution is -0.117. The Balaban J connectivity index is 1.79. The molecule has 0 aliphatic rings. The van der Waals surface area contributed by atoms with Gasteiger partial charge in [-0.05, 0) is 55.3 Å². The van der Waals surface area contributed by atoms with Gasteiger partial charge in [0.15, 0.2) is 11.5 Å². The largest absolute Gasteiger partial charge is 0.497 e. The second kappa shape index (κ2) is 10.5. The first kappa shape index (κ1) is 22.9. The van der Waals surface area contributed by atoms with Crippen molar-refractivity contribution in [3.05, 3.63) is 77.9 Å². The first-order chi connectivity index (χ1) is 15.4. The highest BCUT2D eigenvalue weighted by Crippen LogP contribution is 2.29. The van der Waals surface area contributed by atoms with Crippen molar-refractivity contribution in [3.63, 3.8) is 0 Å². The van der Waals surface area contributed by atoms with E-state index in [1.165, 1.54) is 6.08 Å². The standard InChI is InChI=1S/C25H29N3O4/c1-17(2)32-21-12-6-18(16-22(21)31-5)7-13-23(29)27-24(25-26-14-15-28(25)3)19-8-10-20(30-4)11-9-19/h6-17,24H,1-5H3,(H,27,29)/b13-7+. The fourth-order valence-electron chi connectivity index (χ4n) is 3.25. The molecule has 3 rings (SSSR count). The van der Waals surface area contributed by atoms with E-state index in [0.29, 0.717) is 11.5 Å². The number of methoxy groups -OCH3 is 2. The number of ether oxygens (including phenoxy) is 3. The van der Waals surface area contributed by atoms with E-state index < -0.39 is 6.04 Å². The molecule has 1 heterocycles. The molecule has 0 fully saturated rings. The zero-order chi connectivity index (χ0) is 23.1. The Bertz CT molecular complexity index is 1070. The summed E-state index contributed by atoms with van der Waals surface area (Å²) in [5.41, 5.74) is 1.73. The van der Waals surface area contributed by atoms with Crippen LogP contribution in [0.25, 0.3) is 6.08 Å². The Morgan fingerprint density at radius 1 is 1.06 bits per heavy atom. The minimum Gasteiger partial charge on any atom is -0.497 e. The average molecular weight is 436 g/mol. The van der Waals surface area contributed by atoms with Crippen LogP contribution in [-0.4, -0.2) is 35.8 Å². The average Bonchev–Trinajstić information content (AvgIpc) is 3.22. The van der Waals surface area contributed by atoms with Crippen LogP contribution in [0.2, 0.25) is 0 Å². The second-order valence-electron chi connectivity index (χ2n) is 7.52. The number of carbonyl (C=O) groups excluding carboxylic acids is 1. The fourth-order valence-corrected chi connectivity index (χ4v) is 3.25. The molecule has 0 aliphatic heterocycles. The van der Waals surface area contributed by atoms with Crippen LogP contribution in [0.5, 0.6) is 17.2 Å². The summed E-state index contributed by atoms with van der Waals surface area (Å²) < 4.78 is 18.3. The number of aryl methyl sites for hydroxylation is 1. The van der Waals surface area contributed by atoms with Gasteiger partial charge in [0.25, 0.3) is 0 Å². The molecule has 0 radical (unpaired) electrons. The van der Waals surface area contributed by atoms with Crippen LogP contribution in [0.15, 0.2) is 60.9 Å². The molecule has 1 aromatic heterocycles. The zero-order valence-electron chi connectivity index (χ0n) is 19.0. The van der Waals surface area contributed by atoms with Crippen LogP contribution < -0.4 is 19.5 Å². The van der Waals surface area contributed by atoms with Gasteiger partial charge in [0.2, 0.25) is 5.91 Å². The lowest BCUT2D eigenvalue weighted by atomic mass is 10.1. The van der Waals surface area contributed by atoms with Gasteiger partial charge in [0.05, 0.1) is 20.3 Å². The Morgan fingerprint density at radius 2 is 1.81 bits per heavy atom.